The van der Waals surface area contributed by atoms with Crippen molar-refractivity contribution >= 4 is 27.6 Å². The van der Waals surface area contributed by atoms with E-state index in [9.17, 15) is 4.79 Å². The molecule has 98 valence electrons. The highest BCUT2D eigenvalue weighted by Gasteiger charge is 2.21. The number of carboxylic acid groups (broad SMARTS) is 1. The van der Waals surface area contributed by atoms with Gasteiger partial charge in [0.2, 0.25) is 0 Å². The monoisotopic (exact) mass is 311 g/mol. The summed E-state index contributed by atoms with van der Waals surface area (Å²) < 4.78 is 0.898. The fourth-order valence-electron chi connectivity index (χ4n) is 2.61. The quantitative estimate of drug-likeness (QED) is 0.883. The van der Waals surface area contributed by atoms with Crippen LogP contribution < -0.4 is 5.32 Å². The normalized spacial score (nSPS) is 23.0. The van der Waals surface area contributed by atoms with Crippen molar-refractivity contribution in [1.82, 2.24) is 0 Å². The molecule has 0 heterocycles. The van der Waals surface area contributed by atoms with E-state index >= 15 is 0 Å². The molecule has 2 N–H and O–H groups in total. The second kappa shape index (κ2) is 5.74. The van der Waals surface area contributed by atoms with E-state index in [0.29, 0.717) is 17.2 Å². The van der Waals surface area contributed by atoms with Crippen LogP contribution in [0.3, 0.4) is 0 Å². The highest BCUT2D eigenvalue weighted by Crippen LogP contribution is 2.31. The van der Waals surface area contributed by atoms with Crippen LogP contribution in [0.4, 0.5) is 5.69 Å². The smallest absolute Gasteiger partial charge is 0.337 e. The molecule has 0 aromatic heterocycles. The molecule has 0 saturated heterocycles. The van der Waals surface area contributed by atoms with Crippen molar-refractivity contribution in [2.45, 2.75) is 26.2 Å². The standard InChI is InChI=1S/C14H18BrNO2/c1-9-2-3-10(6-9)8-16-13-7-11(15)4-5-12(13)14(17)18/h4-5,7,9-10,16H,2-3,6,8H2,1H3,(H,17,18). The third-order valence-electron chi connectivity index (χ3n) is 3.60. The van der Waals surface area contributed by atoms with Crippen molar-refractivity contribution in [3.63, 3.8) is 0 Å². The summed E-state index contributed by atoms with van der Waals surface area (Å²) >= 11 is 3.38. The average Bonchev–Trinajstić information content (AvgIpc) is 2.72. The fraction of sp³-hybridized carbons (Fsp3) is 0.500. The predicted molar refractivity (Wildman–Crippen MR) is 76.1 cm³/mol. The van der Waals surface area contributed by atoms with E-state index in [1.165, 1.54) is 19.3 Å². The summed E-state index contributed by atoms with van der Waals surface area (Å²) in [6, 6.07) is 5.22. The Labute approximate surface area is 116 Å². The Morgan fingerprint density at radius 3 is 2.89 bits per heavy atom. The summed E-state index contributed by atoms with van der Waals surface area (Å²) in [5.41, 5.74) is 1.04. The summed E-state index contributed by atoms with van der Waals surface area (Å²) in [6.45, 7) is 3.14. The van der Waals surface area contributed by atoms with Crippen LogP contribution in [0.25, 0.3) is 0 Å². The minimum Gasteiger partial charge on any atom is -0.478 e. The molecule has 3 nitrogen and oxygen atoms in total. The second-order valence-electron chi connectivity index (χ2n) is 5.16. The van der Waals surface area contributed by atoms with Crippen LogP contribution in [0.2, 0.25) is 0 Å². The van der Waals surface area contributed by atoms with Crippen molar-refractivity contribution < 1.29 is 9.90 Å². The van der Waals surface area contributed by atoms with Crippen molar-refractivity contribution in [2.75, 3.05) is 11.9 Å². The molecule has 1 aliphatic rings. The SMILES string of the molecule is CC1CCC(CNc2cc(Br)ccc2C(=O)O)C1. The number of rotatable bonds is 4. The van der Waals surface area contributed by atoms with Crippen LogP contribution in [-0.4, -0.2) is 17.6 Å². The van der Waals surface area contributed by atoms with E-state index in [0.717, 1.165) is 16.9 Å². The van der Waals surface area contributed by atoms with Gasteiger partial charge in [-0.25, -0.2) is 4.79 Å². The maximum absolute atomic E-state index is 11.1. The fourth-order valence-corrected chi connectivity index (χ4v) is 2.97. The minimum atomic E-state index is -0.884. The zero-order chi connectivity index (χ0) is 13.1. The molecule has 2 rings (SSSR count). The van der Waals surface area contributed by atoms with Gasteiger partial charge in [0, 0.05) is 16.7 Å². The molecule has 1 saturated carbocycles. The Bertz CT molecular complexity index is 447. The molecule has 0 spiro atoms. The molecule has 1 aromatic carbocycles. The van der Waals surface area contributed by atoms with Crippen molar-refractivity contribution in [2.24, 2.45) is 11.8 Å². The van der Waals surface area contributed by atoms with Gasteiger partial charge in [0.05, 0.1) is 5.56 Å². The van der Waals surface area contributed by atoms with Gasteiger partial charge >= 0.3 is 5.97 Å². The van der Waals surface area contributed by atoms with Crippen LogP contribution >= 0.6 is 15.9 Å². The van der Waals surface area contributed by atoms with Crippen molar-refractivity contribution in [1.29, 1.82) is 0 Å². The number of nitrogens with one attached hydrogen (secondary N) is 1. The maximum atomic E-state index is 11.1. The van der Waals surface area contributed by atoms with Gasteiger partial charge < -0.3 is 10.4 Å². The van der Waals surface area contributed by atoms with Crippen LogP contribution in [0.15, 0.2) is 22.7 Å². The molecule has 0 aliphatic heterocycles. The Morgan fingerprint density at radius 2 is 2.28 bits per heavy atom. The molecular formula is C14H18BrNO2. The van der Waals surface area contributed by atoms with Crippen molar-refractivity contribution in [3.05, 3.63) is 28.2 Å². The molecule has 0 radical (unpaired) electrons. The highest BCUT2D eigenvalue weighted by molar-refractivity contribution is 9.10. The molecule has 4 heteroatoms. The topological polar surface area (TPSA) is 49.3 Å². The number of halogens is 1. The number of hydrogen-bond acceptors (Lipinski definition) is 2. The van der Waals surface area contributed by atoms with Gasteiger partial charge in [0.1, 0.15) is 0 Å². The lowest BCUT2D eigenvalue weighted by molar-refractivity contribution is 0.0698. The van der Waals surface area contributed by atoms with E-state index < -0.39 is 5.97 Å². The van der Waals surface area contributed by atoms with E-state index in [-0.39, 0.29) is 0 Å². The van der Waals surface area contributed by atoms with E-state index in [4.69, 9.17) is 5.11 Å². The van der Waals surface area contributed by atoms with Crippen molar-refractivity contribution in [3.8, 4) is 0 Å². The van der Waals surface area contributed by atoms with Crippen LogP contribution in [0.5, 0.6) is 0 Å². The molecule has 1 aromatic rings. The third-order valence-corrected chi connectivity index (χ3v) is 4.09. The lowest BCUT2D eigenvalue weighted by Gasteiger charge is -2.14. The molecule has 2 atom stereocenters. The van der Waals surface area contributed by atoms with Crippen LogP contribution in [0.1, 0.15) is 36.5 Å². The van der Waals surface area contributed by atoms with Gasteiger partial charge in [0.25, 0.3) is 0 Å². The lowest BCUT2D eigenvalue weighted by atomic mass is 10.1. The third kappa shape index (κ3) is 3.25. The molecule has 0 bridgehead atoms. The summed E-state index contributed by atoms with van der Waals surface area (Å²) in [6.07, 6.45) is 3.77. The molecule has 1 aliphatic carbocycles. The molecule has 1 fully saturated rings. The first-order valence-electron chi connectivity index (χ1n) is 6.33. The summed E-state index contributed by atoms with van der Waals surface area (Å²) in [5.74, 6) is 0.587. The van der Waals surface area contributed by atoms with Gasteiger partial charge in [0.15, 0.2) is 0 Å². The Balaban J connectivity index is 2.04. The second-order valence-corrected chi connectivity index (χ2v) is 6.08. The van der Waals surface area contributed by atoms with Gasteiger partial charge in [-0.15, -0.1) is 0 Å². The summed E-state index contributed by atoms with van der Waals surface area (Å²) in [4.78, 5) is 11.1. The molecule has 18 heavy (non-hydrogen) atoms. The summed E-state index contributed by atoms with van der Waals surface area (Å²) in [5, 5.41) is 12.4. The zero-order valence-corrected chi connectivity index (χ0v) is 12.0. The van der Waals surface area contributed by atoms with Gasteiger partial charge in [-0.2, -0.15) is 0 Å². The number of carbonyl (C=O) groups is 1. The number of carboxylic acids is 1. The Hall–Kier alpha value is -1.03. The molecule has 2 unspecified atom stereocenters. The van der Waals surface area contributed by atoms with Crippen LogP contribution in [-0.2, 0) is 0 Å². The first-order valence-corrected chi connectivity index (χ1v) is 7.12. The minimum absolute atomic E-state index is 0.337. The van der Waals surface area contributed by atoms with Gasteiger partial charge in [-0.05, 0) is 42.9 Å². The predicted octanol–water partition coefficient (Wildman–Crippen LogP) is 4.00. The highest BCUT2D eigenvalue weighted by atomic mass is 79.9. The first-order chi connectivity index (χ1) is 8.56. The van der Waals surface area contributed by atoms with Gasteiger partial charge in [-0.3, -0.25) is 0 Å². The Kier molecular flexibility index (Phi) is 4.27. The largest absolute Gasteiger partial charge is 0.478 e. The molecular weight excluding hydrogens is 294 g/mol. The first kappa shape index (κ1) is 13.4. The molecule has 0 amide bonds. The summed E-state index contributed by atoms with van der Waals surface area (Å²) in [7, 11) is 0. The van der Waals surface area contributed by atoms with E-state index in [1.807, 2.05) is 6.07 Å². The Morgan fingerprint density at radius 1 is 1.50 bits per heavy atom. The zero-order valence-electron chi connectivity index (χ0n) is 10.4. The number of hydrogen-bond donors (Lipinski definition) is 2. The number of benzene rings is 1. The van der Waals surface area contributed by atoms with E-state index in [2.05, 4.69) is 28.2 Å². The number of aromatic carboxylic acids is 1. The lowest BCUT2D eigenvalue weighted by Crippen LogP contribution is -2.14. The van der Waals surface area contributed by atoms with Gasteiger partial charge in [-0.1, -0.05) is 29.3 Å². The maximum Gasteiger partial charge on any atom is 0.337 e. The average molecular weight is 312 g/mol. The van der Waals surface area contributed by atoms with Crippen LogP contribution in [0, 0.1) is 11.8 Å². The number of anilines is 1. The van der Waals surface area contributed by atoms with E-state index in [1.54, 1.807) is 12.1 Å².